The molecule has 0 bridgehead atoms. The van der Waals surface area contributed by atoms with Gasteiger partial charge in [-0.2, -0.15) is 5.10 Å². The summed E-state index contributed by atoms with van der Waals surface area (Å²) in [6.07, 6.45) is 1.26. The third-order valence-corrected chi connectivity index (χ3v) is 4.78. The highest BCUT2D eigenvalue weighted by atomic mass is 32.1. The Bertz CT molecular complexity index is 1140. The van der Waals surface area contributed by atoms with Gasteiger partial charge in [-0.05, 0) is 49.5 Å². The van der Waals surface area contributed by atoms with Crippen molar-refractivity contribution in [2.45, 2.75) is 6.92 Å². The number of carbonyl (C=O) groups excluding carboxylic acids is 2. The van der Waals surface area contributed by atoms with Crippen LogP contribution in [-0.4, -0.2) is 28.1 Å². The van der Waals surface area contributed by atoms with Crippen LogP contribution in [0.1, 0.15) is 5.56 Å². The summed E-state index contributed by atoms with van der Waals surface area (Å²) < 4.78 is 0. The minimum atomic E-state index is -1.10. The van der Waals surface area contributed by atoms with Crippen LogP contribution in [0.15, 0.2) is 65.8 Å². The highest BCUT2D eigenvalue weighted by Crippen LogP contribution is 2.21. The summed E-state index contributed by atoms with van der Waals surface area (Å²) in [6.45, 7) is 1.95. The summed E-state index contributed by atoms with van der Waals surface area (Å²) in [6, 6.07) is 18.7. The van der Waals surface area contributed by atoms with E-state index in [0.717, 1.165) is 16.5 Å². The van der Waals surface area contributed by atoms with Gasteiger partial charge in [-0.25, -0.2) is 4.98 Å². The quantitative estimate of drug-likeness (QED) is 0.303. The van der Waals surface area contributed by atoms with Crippen molar-refractivity contribution in [3.8, 4) is 0 Å². The monoisotopic (exact) mass is 403 g/mol. The van der Waals surface area contributed by atoms with E-state index in [1.807, 2.05) is 49.4 Å². The number of aryl methyl sites for hydroxylation is 1. The van der Waals surface area contributed by atoms with E-state index in [1.165, 1.54) is 11.1 Å². The molecular weight excluding hydrogens is 386 g/mol. The number of hydrogen-bond donors (Lipinski definition) is 2. The molecule has 7 nitrogen and oxygen atoms in total. The first-order chi connectivity index (χ1) is 14.0. The molecule has 144 valence electrons. The second kappa shape index (κ2) is 7.76. The first kappa shape index (κ1) is 18.7. The van der Waals surface area contributed by atoms with E-state index in [2.05, 4.69) is 20.8 Å². The predicted molar refractivity (Wildman–Crippen MR) is 117 cm³/mol. The number of aromatic nitrogens is 1. The van der Waals surface area contributed by atoms with Crippen molar-refractivity contribution in [2.75, 3.05) is 10.3 Å². The van der Waals surface area contributed by atoms with Crippen LogP contribution in [0, 0.1) is 12.8 Å². The van der Waals surface area contributed by atoms with E-state index in [9.17, 15) is 9.59 Å². The largest absolute Gasteiger partial charge is 0.301 e. The summed E-state index contributed by atoms with van der Waals surface area (Å²) in [5.41, 5.74) is 5.23. The molecule has 8 heteroatoms. The molecule has 3 aromatic rings. The molecule has 0 saturated carbocycles. The van der Waals surface area contributed by atoms with Gasteiger partial charge in [0, 0.05) is 11.6 Å². The smallest absolute Gasteiger partial charge is 0.251 e. The molecule has 2 aromatic carbocycles. The Morgan fingerprint density at radius 3 is 2.66 bits per heavy atom. The molecule has 1 fully saturated rings. The van der Waals surface area contributed by atoms with Gasteiger partial charge in [-0.1, -0.05) is 35.9 Å². The van der Waals surface area contributed by atoms with Crippen LogP contribution >= 0.6 is 12.2 Å². The average molecular weight is 403 g/mol. The van der Waals surface area contributed by atoms with Crippen molar-refractivity contribution in [2.24, 2.45) is 11.0 Å². The number of pyridine rings is 1. The fourth-order valence-electron chi connectivity index (χ4n) is 2.97. The molecule has 4 rings (SSSR count). The number of rotatable bonds is 4. The van der Waals surface area contributed by atoms with E-state index in [1.54, 1.807) is 18.2 Å². The lowest BCUT2D eigenvalue weighted by molar-refractivity contribution is -0.130. The number of fused-ring (bicyclic) bond motifs is 1. The van der Waals surface area contributed by atoms with E-state index in [0.29, 0.717) is 11.5 Å². The van der Waals surface area contributed by atoms with Gasteiger partial charge >= 0.3 is 0 Å². The van der Waals surface area contributed by atoms with Gasteiger partial charge in [0.15, 0.2) is 11.0 Å². The molecule has 2 amide bonds. The molecule has 0 spiro atoms. The summed E-state index contributed by atoms with van der Waals surface area (Å²) >= 11 is 5.19. The van der Waals surface area contributed by atoms with Gasteiger partial charge < -0.3 is 5.32 Å². The van der Waals surface area contributed by atoms with Crippen LogP contribution in [0.2, 0.25) is 0 Å². The van der Waals surface area contributed by atoms with E-state index in [-0.39, 0.29) is 5.11 Å². The Labute approximate surface area is 172 Å². The standard InChI is InChI=1S/C21H17N5O2S/c1-13-6-9-15(10-7-13)26-20(28)16(19(27)24-21(26)29)12-22-25-18-11-8-14-4-2-3-5-17(14)23-18/h2-12,16H,1H3,(H,23,25)(H,24,27,29)/b22-12+/t16-/m1/s1. The maximum Gasteiger partial charge on any atom is 0.251 e. The second-order valence-electron chi connectivity index (χ2n) is 6.56. The SMILES string of the molecule is Cc1ccc(N2C(=O)[C@H](/C=N/Nc3ccc4ccccc4n3)C(=O)NC2=S)cc1. The third-order valence-electron chi connectivity index (χ3n) is 4.50. The minimum absolute atomic E-state index is 0.0534. The highest BCUT2D eigenvalue weighted by molar-refractivity contribution is 7.80. The van der Waals surface area contributed by atoms with Crippen LogP contribution in [0.5, 0.6) is 0 Å². The van der Waals surface area contributed by atoms with E-state index >= 15 is 0 Å². The lowest BCUT2D eigenvalue weighted by atomic mass is 10.1. The fraction of sp³-hybridized carbons (Fsp3) is 0.0952. The van der Waals surface area contributed by atoms with Gasteiger partial charge in [0.2, 0.25) is 5.91 Å². The lowest BCUT2D eigenvalue weighted by Gasteiger charge is -2.30. The van der Waals surface area contributed by atoms with E-state index < -0.39 is 17.7 Å². The Morgan fingerprint density at radius 2 is 1.86 bits per heavy atom. The molecule has 1 saturated heterocycles. The molecule has 2 heterocycles. The first-order valence-electron chi connectivity index (χ1n) is 8.93. The van der Waals surface area contributed by atoms with Gasteiger partial charge in [-0.3, -0.25) is 19.9 Å². The van der Waals surface area contributed by atoms with Gasteiger partial charge in [0.25, 0.3) is 5.91 Å². The second-order valence-corrected chi connectivity index (χ2v) is 6.95. The molecule has 2 N–H and O–H groups in total. The Kier molecular flexibility index (Phi) is 5.01. The summed E-state index contributed by atoms with van der Waals surface area (Å²) in [5.74, 6) is -1.56. The molecule has 29 heavy (non-hydrogen) atoms. The Morgan fingerprint density at radius 1 is 1.10 bits per heavy atom. The molecule has 1 atom stereocenters. The topological polar surface area (TPSA) is 86.7 Å². The zero-order valence-electron chi connectivity index (χ0n) is 15.5. The zero-order chi connectivity index (χ0) is 20.4. The van der Waals surface area contributed by atoms with Crippen molar-refractivity contribution in [3.05, 3.63) is 66.2 Å². The highest BCUT2D eigenvalue weighted by Gasteiger charge is 2.38. The number of anilines is 2. The third kappa shape index (κ3) is 3.83. The molecule has 0 aliphatic carbocycles. The van der Waals surface area contributed by atoms with Crippen LogP contribution < -0.4 is 15.6 Å². The number of benzene rings is 2. The molecule has 1 aliphatic rings. The number of nitrogens with one attached hydrogen (secondary N) is 2. The van der Waals surface area contributed by atoms with Crippen molar-refractivity contribution in [1.29, 1.82) is 0 Å². The van der Waals surface area contributed by atoms with Crippen LogP contribution in [-0.2, 0) is 9.59 Å². The number of hydrogen-bond acceptors (Lipinski definition) is 6. The number of nitrogens with zero attached hydrogens (tertiary/aromatic N) is 3. The van der Waals surface area contributed by atoms with Crippen molar-refractivity contribution >= 4 is 57.8 Å². The van der Waals surface area contributed by atoms with Crippen molar-refractivity contribution in [3.63, 3.8) is 0 Å². The molecule has 0 unspecified atom stereocenters. The zero-order valence-corrected chi connectivity index (χ0v) is 16.3. The normalized spacial score (nSPS) is 17.1. The number of amides is 2. The lowest BCUT2D eigenvalue weighted by Crippen LogP contribution is -2.58. The summed E-state index contributed by atoms with van der Waals surface area (Å²) in [5, 5.41) is 7.67. The maximum absolute atomic E-state index is 12.9. The number of para-hydroxylation sites is 1. The van der Waals surface area contributed by atoms with Crippen LogP contribution in [0.3, 0.4) is 0 Å². The van der Waals surface area contributed by atoms with Crippen LogP contribution in [0.25, 0.3) is 10.9 Å². The number of thiocarbonyl (C=S) groups is 1. The fourth-order valence-corrected chi connectivity index (χ4v) is 3.26. The minimum Gasteiger partial charge on any atom is -0.301 e. The van der Waals surface area contributed by atoms with Gasteiger partial charge in [-0.15, -0.1) is 0 Å². The van der Waals surface area contributed by atoms with Crippen molar-refractivity contribution in [1.82, 2.24) is 10.3 Å². The summed E-state index contributed by atoms with van der Waals surface area (Å²) in [7, 11) is 0. The predicted octanol–water partition coefficient (Wildman–Crippen LogP) is 3.01. The Hall–Kier alpha value is -3.65. The van der Waals surface area contributed by atoms with Gasteiger partial charge in [0.05, 0.1) is 11.2 Å². The first-order valence-corrected chi connectivity index (χ1v) is 9.34. The van der Waals surface area contributed by atoms with Crippen molar-refractivity contribution < 1.29 is 9.59 Å². The number of carbonyl (C=O) groups is 2. The van der Waals surface area contributed by atoms with Crippen LogP contribution in [0.4, 0.5) is 11.5 Å². The summed E-state index contributed by atoms with van der Waals surface area (Å²) in [4.78, 5) is 30.9. The molecular formula is C21H17N5O2S. The molecule has 0 radical (unpaired) electrons. The molecule has 1 aliphatic heterocycles. The average Bonchev–Trinajstić information content (AvgIpc) is 2.71. The molecule has 1 aromatic heterocycles. The van der Waals surface area contributed by atoms with E-state index in [4.69, 9.17) is 12.2 Å². The van der Waals surface area contributed by atoms with Gasteiger partial charge in [0.1, 0.15) is 5.82 Å². The Balaban J connectivity index is 1.53. The maximum atomic E-state index is 12.9. The number of hydrazone groups is 1.